The highest BCUT2D eigenvalue weighted by atomic mass is 32.2. The Labute approximate surface area is 126 Å². The third-order valence-corrected chi connectivity index (χ3v) is 4.38. The fraction of sp³-hybridized carbons (Fsp3) is 0.125. The van der Waals surface area contributed by atoms with Crippen molar-refractivity contribution in [3.63, 3.8) is 0 Å². The van der Waals surface area contributed by atoms with Gasteiger partial charge in [-0.1, -0.05) is 18.2 Å². The predicted octanol–water partition coefficient (Wildman–Crippen LogP) is 3.37. The highest BCUT2D eigenvalue weighted by Gasteiger charge is 2.23. The molecular formula is C16H14N2O2S. The fourth-order valence-corrected chi connectivity index (χ4v) is 3.01. The third-order valence-electron chi connectivity index (χ3n) is 3.20. The summed E-state index contributed by atoms with van der Waals surface area (Å²) in [5.41, 5.74) is 1.96. The summed E-state index contributed by atoms with van der Waals surface area (Å²) in [5, 5.41) is 5.55. The first-order valence-corrected chi connectivity index (χ1v) is 7.49. The maximum atomic E-state index is 12.2. The lowest BCUT2D eigenvalue weighted by Crippen LogP contribution is -2.26. The minimum absolute atomic E-state index is 0.0342. The van der Waals surface area contributed by atoms with Crippen LogP contribution in [0.25, 0.3) is 0 Å². The van der Waals surface area contributed by atoms with E-state index in [0.29, 0.717) is 11.3 Å². The van der Waals surface area contributed by atoms with E-state index in [1.54, 1.807) is 12.1 Å². The molecule has 2 aromatic rings. The molecule has 0 saturated heterocycles. The molecule has 2 amide bonds. The molecule has 21 heavy (non-hydrogen) atoms. The zero-order chi connectivity index (χ0) is 14.8. The zero-order valence-electron chi connectivity index (χ0n) is 11.4. The van der Waals surface area contributed by atoms with Gasteiger partial charge in [-0.15, -0.1) is 11.8 Å². The first-order chi connectivity index (χ1) is 10.1. The van der Waals surface area contributed by atoms with E-state index in [1.165, 1.54) is 11.8 Å². The summed E-state index contributed by atoms with van der Waals surface area (Å²) in [6, 6.07) is 14.6. The molecule has 2 aromatic carbocycles. The van der Waals surface area contributed by atoms with Crippen LogP contribution in [0.5, 0.6) is 0 Å². The van der Waals surface area contributed by atoms with Gasteiger partial charge in [-0.05, 0) is 37.3 Å². The van der Waals surface area contributed by atoms with Gasteiger partial charge in [0.15, 0.2) is 0 Å². The number of anilines is 2. The number of carbonyl (C=O) groups is 2. The molecule has 0 radical (unpaired) electrons. The van der Waals surface area contributed by atoms with E-state index in [1.807, 2.05) is 43.3 Å². The average molecular weight is 298 g/mol. The van der Waals surface area contributed by atoms with Crippen LogP contribution in [0, 0.1) is 0 Å². The smallest absolute Gasteiger partial charge is 0.255 e. The predicted molar refractivity (Wildman–Crippen MR) is 84.8 cm³/mol. The molecule has 5 heteroatoms. The van der Waals surface area contributed by atoms with Gasteiger partial charge in [-0.2, -0.15) is 0 Å². The van der Waals surface area contributed by atoms with Gasteiger partial charge in [0.1, 0.15) is 0 Å². The average Bonchev–Trinajstić information content (AvgIpc) is 2.49. The van der Waals surface area contributed by atoms with Crippen molar-refractivity contribution in [2.75, 3.05) is 10.6 Å². The first kappa shape index (κ1) is 13.7. The molecule has 4 nitrogen and oxygen atoms in total. The van der Waals surface area contributed by atoms with Crippen LogP contribution in [0.4, 0.5) is 11.4 Å². The molecule has 1 aliphatic heterocycles. The molecule has 0 aliphatic carbocycles. The highest BCUT2D eigenvalue weighted by molar-refractivity contribution is 8.00. The number of thioether (sulfide) groups is 1. The lowest BCUT2D eigenvalue weighted by molar-refractivity contribution is -0.115. The minimum Gasteiger partial charge on any atom is -0.324 e. The Balaban J connectivity index is 1.82. The molecule has 0 bridgehead atoms. The Morgan fingerprint density at radius 1 is 1.19 bits per heavy atom. The van der Waals surface area contributed by atoms with Gasteiger partial charge in [0.2, 0.25) is 5.91 Å². The van der Waals surface area contributed by atoms with Crippen molar-refractivity contribution < 1.29 is 9.59 Å². The Morgan fingerprint density at radius 3 is 2.71 bits per heavy atom. The van der Waals surface area contributed by atoms with Gasteiger partial charge < -0.3 is 10.6 Å². The normalized spacial score (nSPS) is 16.8. The second-order valence-electron chi connectivity index (χ2n) is 4.78. The van der Waals surface area contributed by atoms with Crippen LogP contribution in [0.15, 0.2) is 53.4 Å². The molecule has 0 fully saturated rings. The largest absolute Gasteiger partial charge is 0.324 e. The van der Waals surface area contributed by atoms with E-state index in [-0.39, 0.29) is 17.1 Å². The van der Waals surface area contributed by atoms with Crippen molar-refractivity contribution in [2.45, 2.75) is 17.1 Å². The van der Waals surface area contributed by atoms with Crippen LogP contribution in [-0.4, -0.2) is 17.1 Å². The molecule has 3 rings (SSSR count). The summed E-state index contributed by atoms with van der Waals surface area (Å²) in [5.74, 6) is -0.227. The quantitative estimate of drug-likeness (QED) is 0.893. The number of carbonyl (C=O) groups excluding carboxylic acids is 2. The molecule has 0 unspecified atom stereocenters. The number of hydrogen-bond donors (Lipinski definition) is 2. The monoisotopic (exact) mass is 298 g/mol. The molecule has 2 N–H and O–H groups in total. The van der Waals surface area contributed by atoms with Crippen molar-refractivity contribution in [3.8, 4) is 0 Å². The second kappa shape index (κ2) is 5.61. The summed E-state index contributed by atoms with van der Waals surface area (Å²) < 4.78 is 0. The number of fused-ring (bicyclic) bond motifs is 1. The molecule has 0 saturated carbocycles. The first-order valence-electron chi connectivity index (χ1n) is 6.61. The maximum Gasteiger partial charge on any atom is 0.255 e. The zero-order valence-corrected chi connectivity index (χ0v) is 12.2. The van der Waals surface area contributed by atoms with Crippen LogP contribution in [0.2, 0.25) is 0 Å². The number of rotatable bonds is 2. The Hall–Kier alpha value is -2.27. The van der Waals surface area contributed by atoms with Crippen molar-refractivity contribution in [3.05, 3.63) is 54.1 Å². The van der Waals surface area contributed by atoms with Crippen LogP contribution >= 0.6 is 11.8 Å². The second-order valence-corrected chi connectivity index (χ2v) is 6.16. The Morgan fingerprint density at radius 2 is 1.95 bits per heavy atom. The maximum absolute atomic E-state index is 12.2. The van der Waals surface area contributed by atoms with E-state index in [0.717, 1.165) is 10.6 Å². The van der Waals surface area contributed by atoms with E-state index < -0.39 is 0 Å². The van der Waals surface area contributed by atoms with E-state index in [9.17, 15) is 9.59 Å². The number of hydrogen-bond acceptors (Lipinski definition) is 3. The van der Waals surface area contributed by atoms with Gasteiger partial charge in [-0.3, -0.25) is 9.59 Å². The molecule has 106 valence electrons. The number of amides is 2. The number of para-hydroxylation sites is 1. The van der Waals surface area contributed by atoms with Gasteiger partial charge in [0.25, 0.3) is 5.91 Å². The summed E-state index contributed by atoms with van der Waals surface area (Å²) >= 11 is 1.50. The molecule has 1 aliphatic rings. The van der Waals surface area contributed by atoms with E-state index in [4.69, 9.17) is 0 Å². The summed E-state index contributed by atoms with van der Waals surface area (Å²) in [4.78, 5) is 24.9. The SMILES string of the molecule is C[C@H]1Sc2ccc(C(=O)Nc3ccccc3)cc2NC1=O. The third kappa shape index (κ3) is 2.92. The lowest BCUT2D eigenvalue weighted by Gasteiger charge is -2.21. The molecule has 0 spiro atoms. The van der Waals surface area contributed by atoms with Gasteiger partial charge >= 0.3 is 0 Å². The van der Waals surface area contributed by atoms with E-state index >= 15 is 0 Å². The topological polar surface area (TPSA) is 58.2 Å². The van der Waals surface area contributed by atoms with Gasteiger partial charge in [-0.25, -0.2) is 0 Å². The number of benzene rings is 2. The van der Waals surface area contributed by atoms with Crippen LogP contribution in [0.1, 0.15) is 17.3 Å². The summed E-state index contributed by atoms with van der Waals surface area (Å²) in [6.45, 7) is 1.86. The van der Waals surface area contributed by atoms with Crippen LogP contribution in [0.3, 0.4) is 0 Å². The van der Waals surface area contributed by atoms with Crippen molar-refractivity contribution in [1.82, 2.24) is 0 Å². The van der Waals surface area contributed by atoms with Crippen molar-refractivity contribution >= 4 is 35.0 Å². The molecule has 0 aromatic heterocycles. The lowest BCUT2D eigenvalue weighted by atomic mass is 10.1. The van der Waals surface area contributed by atoms with Gasteiger partial charge in [0, 0.05) is 16.1 Å². The van der Waals surface area contributed by atoms with Gasteiger partial charge in [0.05, 0.1) is 10.9 Å². The van der Waals surface area contributed by atoms with Crippen LogP contribution in [-0.2, 0) is 4.79 Å². The highest BCUT2D eigenvalue weighted by Crippen LogP contribution is 2.35. The standard InChI is InChI=1S/C16H14N2O2S/c1-10-15(19)18-13-9-11(7-8-14(13)21-10)16(20)17-12-5-3-2-4-6-12/h2-10H,1H3,(H,17,20)(H,18,19)/t10-/m1/s1. The minimum atomic E-state index is -0.193. The Kier molecular flexibility index (Phi) is 3.66. The van der Waals surface area contributed by atoms with E-state index in [2.05, 4.69) is 10.6 Å². The van der Waals surface area contributed by atoms with Crippen LogP contribution < -0.4 is 10.6 Å². The molecular weight excluding hydrogens is 284 g/mol. The Bertz CT molecular complexity index is 701. The van der Waals surface area contributed by atoms with Crippen molar-refractivity contribution in [2.24, 2.45) is 0 Å². The molecule has 1 atom stereocenters. The number of nitrogens with one attached hydrogen (secondary N) is 2. The summed E-state index contributed by atoms with van der Waals surface area (Å²) in [6.07, 6.45) is 0. The molecule has 1 heterocycles. The fourth-order valence-electron chi connectivity index (χ4n) is 2.07. The summed E-state index contributed by atoms with van der Waals surface area (Å²) in [7, 11) is 0. The van der Waals surface area contributed by atoms with Crippen molar-refractivity contribution in [1.29, 1.82) is 0 Å².